The summed E-state index contributed by atoms with van der Waals surface area (Å²) < 4.78 is 0. The minimum absolute atomic E-state index is 0.126. The first kappa shape index (κ1) is 93.7. The molecule has 0 spiro atoms. The number of carbonyl (C=O) groups excluding carboxylic acids is 1. The summed E-state index contributed by atoms with van der Waals surface area (Å²) in [5.74, 6) is 27.2. The number of benzene rings is 1. The van der Waals surface area contributed by atoms with Crippen LogP contribution in [0.4, 0.5) is 0 Å². The first-order valence-corrected chi connectivity index (χ1v) is 59.0. The second-order valence-electron chi connectivity index (χ2n) is 56.2. The Labute approximate surface area is 779 Å². The zero-order valence-electron chi connectivity index (χ0n) is 85.6. The fourth-order valence-corrected chi connectivity index (χ4v) is 43.9. The maximum atomic E-state index is 12.9. The molecule has 0 aromatic heterocycles. The summed E-state index contributed by atoms with van der Waals surface area (Å²) in [7, 11) is 0. The van der Waals surface area contributed by atoms with Crippen molar-refractivity contribution in [2.45, 2.75) is 533 Å². The fourth-order valence-electron chi connectivity index (χ4n) is 43.9. The van der Waals surface area contributed by atoms with Gasteiger partial charge in [-0.1, -0.05) is 224 Å². The van der Waals surface area contributed by atoms with Gasteiger partial charge in [0.25, 0.3) is 0 Å². The van der Waals surface area contributed by atoms with Crippen LogP contribution in [0.1, 0.15) is 537 Å². The van der Waals surface area contributed by atoms with Crippen molar-refractivity contribution >= 4 is 5.78 Å². The van der Waals surface area contributed by atoms with E-state index in [1.165, 1.54) is 140 Å². The van der Waals surface area contributed by atoms with Crippen LogP contribution in [0.15, 0.2) is 18.2 Å². The average Bonchev–Trinajstić information content (AvgIpc) is 1.75. The minimum atomic E-state index is -0.126. The number of carbonyl (C=O) groups is 1. The van der Waals surface area contributed by atoms with Crippen LogP contribution in [0.5, 0.6) is 5.75 Å². The summed E-state index contributed by atoms with van der Waals surface area (Å²) in [4.78, 5) is 12.9. The summed E-state index contributed by atoms with van der Waals surface area (Å²) in [6.45, 7) is 33.7. The van der Waals surface area contributed by atoms with Crippen LogP contribution in [-0.4, -0.2) is 10.9 Å². The molecule has 0 saturated heterocycles. The first-order chi connectivity index (χ1) is 60.6. The van der Waals surface area contributed by atoms with Crippen molar-refractivity contribution in [3.05, 3.63) is 29.3 Å². The molecule has 24 rings (SSSR count). The van der Waals surface area contributed by atoms with Crippen molar-refractivity contribution in [3.63, 3.8) is 0 Å². The van der Waals surface area contributed by atoms with Gasteiger partial charge in [-0.25, -0.2) is 0 Å². The molecule has 1 aromatic rings. The van der Waals surface area contributed by atoms with Gasteiger partial charge in [-0.2, -0.15) is 0 Å². The van der Waals surface area contributed by atoms with Gasteiger partial charge < -0.3 is 5.11 Å². The third-order valence-corrected chi connectivity index (χ3v) is 51.8. The Morgan fingerprint density at radius 2 is 0.802 bits per heavy atom. The summed E-state index contributed by atoms with van der Waals surface area (Å²) in [5, 5.41) is 9.79. The molecule has 0 heterocycles. The monoisotopic (exact) mass is 1730 g/mol. The molecule has 126 heavy (non-hydrogen) atoms. The molecule has 1 aromatic carbocycles. The largest absolute Gasteiger partial charge is 0.508 e. The van der Waals surface area contributed by atoms with Crippen molar-refractivity contribution in [2.24, 2.45) is 202 Å². The Kier molecular flexibility index (Phi) is 27.9. The van der Waals surface area contributed by atoms with Crippen LogP contribution in [0.25, 0.3) is 0 Å². The van der Waals surface area contributed by atoms with Gasteiger partial charge in [0, 0.05) is 11.8 Å². The summed E-state index contributed by atoms with van der Waals surface area (Å²) >= 11 is 0. The molecule has 0 radical (unpaired) electrons. The normalized spacial score (nSPS) is 52.2. The Hall–Kier alpha value is -1.31. The molecule has 22 saturated carbocycles. The predicted octanol–water partition coefficient (Wildman–Crippen LogP) is 36.9. The number of hydrogen-bond donors (Lipinski definition) is 1. The predicted molar refractivity (Wildman–Crippen MR) is 533 cm³/mol. The van der Waals surface area contributed by atoms with Crippen LogP contribution in [0.3, 0.4) is 0 Å². The van der Waals surface area contributed by atoms with Gasteiger partial charge in [0.2, 0.25) is 0 Å². The molecular formula is C124H204O2. The molecule has 1 N–H and O–H groups in total. The van der Waals surface area contributed by atoms with Gasteiger partial charge >= 0.3 is 0 Å². The average molecular weight is 1730 g/mol. The first-order valence-electron chi connectivity index (χ1n) is 59.0. The number of ketones is 1. The highest BCUT2D eigenvalue weighted by molar-refractivity contribution is 5.86. The summed E-state index contributed by atoms with van der Waals surface area (Å²) in [6, 6.07) is 5.95. The van der Waals surface area contributed by atoms with E-state index < -0.39 is 0 Å². The van der Waals surface area contributed by atoms with Crippen molar-refractivity contribution in [1.29, 1.82) is 0 Å². The van der Waals surface area contributed by atoms with Crippen LogP contribution in [0, 0.1) is 202 Å². The quantitative estimate of drug-likeness (QED) is 0.320. The van der Waals surface area contributed by atoms with Gasteiger partial charge in [0.05, 0.1) is 0 Å². The molecule has 23 aliphatic rings. The lowest BCUT2D eigenvalue weighted by Gasteiger charge is -2.62. The maximum Gasteiger partial charge on any atom is 0.139 e. The molecule has 2 heteroatoms. The number of hydrogen-bond acceptors (Lipinski definition) is 2. The lowest BCUT2D eigenvalue weighted by Crippen LogP contribution is -2.54. The smallest absolute Gasteiger partial charge is 0.139 e. The highest BCUT2D eigenvalue weighted by atomic mass is 16.3. The van der Waals surface area contributed by atoms with E-state index in [0.717, 1.165) is 212 Å². The third-order valence-electron chi connectivity index (χ3n) is 51.8. The minimum Gasteiger partial charge on any atom is -0.508 e. The number of phenolic OH excluding ortho intramolecular Hbond substituents is 1. The van der Waals surface area contributed by atoms with Crippen molar-refractivity contribution in [3.8, 4) is 5.75 Å². The molecule has 23 aliphatic carbocycles. The summed E-state index contributed by atoms with van der Waals surface area (Å²) in [5.41, 5.74) is 9.34. The molecule has 36 atom stereocenters. The standard InChI is InChI=1S/C22H38.C21H28O2.C21H36.3C20H34/c1-4-16-8-11-19-18-10-9-17-7-5-6-13-22(17,3)20(18)12-14-21(19,2)15-16;1-20-11-4-3-5-19(23)21(20,2)12-10-17-16-8-7-15(22)13-14(16)6-9-18(17)20;1-3-18-9-11-20-19-10-8-15-6-4-5-7-16(15)14-17(19)12-13-21(18,20)2;1-19-11-5-7-18(19)15-8-9-16-6-3-4-12-20(16,2)17(14-15)10-13-19;1-19-11-5-7-17(19)14-15-8-9-16-6-3-4-12-20(16,2)18(15)10-13-19;1-19-12-6-8-17(19)16-10-9-15-7-4-3-5-13-20(15,2)18(16)11-14-19/h16-20H,4-15H2,1-3H3;7-8,13,17-18,22H,3-6,9-12H2,1-2H3;15-20H,3-14H2,1-2H3;3*15-18H,3-14H2,1-2H3/t16-,17+,18-,19-,20-,21+,22-;17?,18?,20-,21-;15-,16+,17-,18+,19-,20+,21-;15-,16-,17+,18+,19+,20+;15-,16+,17-,18-,19-,20-;15-,16?,17?,18?,19+,20+/m011101/s1. The van der Waals surface area contributed by atoms with E-state index in [9.17, 15) is 9.90 Å². The number of phenols is 1. The van der Waals surface area contributed by atoms with E-state index in [1.807, 2.05) is 12.1 Å². The van der Waals surface area contributed by atoms with Gasteiger partial charge in [-0.05, 0) is 527 Å². The molecular weight excluding hydrogens is 1520 g/mol. The van der Waals surface area contributed by atoms with Crippen LogP contribution < -0.4 is 0 Å². The van der Waals surface area contributed by atoms with E-state index in [-0.39, 0.29) is 10.8 Å². The maximum absolute atomic E-state index is 12.9. The number of fused-ring (bicyclic) bond motifs is 29. The number of aryl methyl sites for hydroxylation is 1. The number of Topliss-reactive ketones (excluding diaryl/α,β-unsaturated/α-hetero) is 1. The lowest BCUT2D eigenvalue weighted by molar-refractivity contribution is -0.144. The molecule has 5 unspecified atom stereocenters. The van der Waals surface area contributed by atoms with E-state index in [0.29, 0.717) is 28.8 Å². The summed E-state index contributed by atoms with van der Waals surface area (Å²) in [6.07, 6.45) is 102. The second-order valence-corrected chi connectivity index (χ2v) is 56.2. The Balaban J connectivity index is 0.0000000988. The highest BCUT2D eigenvalue weighted by Gasteiger charge is 2.64. The molecule has 712 valence electrons. The molecule has 2 bridgehead atoms. The zero-order valence-corrected chi connectivity index (χ0v) is 85.6. The van der Waals surface area contributed by atoms with Gasteiger partial charge in [-0.15, -0.1) is 0 Å². The van der Waals surface area contributed by atoms with E-state index in [4.69, 9.17) is 0 Å². The zero-order chi connectivity index (χ0) is 87.4. The van der Waals surface area contributed by atoms with E-state index in [1.54, 1.807) is 276 Å². The third kappa shape index (κ3) is 17.0. The van der Waals surface area contributed by atoms with E-state index >= 15 is 0 Å². The Bertz CT molecular complexity index is 3780. The Morgan fingerprint density at radius 1 is 0.294 bits per heavy atom. The SMILES string of the molecule is CC[C@H]1CC[C@H]2[C@@H]3CC[C@H]4CCCC[C@H]4C[C@H]3CC[C@]12C.CC[C@H]1CC[C@H]2[C@@H]3CC[C@H]4CCCC[C@]4(C)[C@H]3CC[C@]2(C)C1.C[C@@]12CCCC1C1CC[C@H]3CCCCC[C@]3(C)C1CC2.C[C@@]12CCC[C@H]1C[C@@H]1CC[C@H]3CCCC[C@]3(C)[C@H]1CC2.C[C@@]12CCC[C@H]1[C@@H]1CC[C@H]3CCCC[C@]3(C)[C@@H](CC2)C1.C[C@]12CCC3c4ccc(O)cc4CCC3[C@@]1(C)CCCCC2=O. The number of aromatic hydroxyl groups is 1. The van der Waals surface area contributed by atoms with Crippen molar-refractivity contribution in [1.82, 2.24) is 0 Å². The fraction of sp³-hybridized carbons (Fsp3) is 0.944. The van der Waals surface area contributed by atoms with Crippen molar-refractivity contribution in [2.75, 3.05) is 0 Å². The molecule has 0 amide bonds. The van der Waals surface area contributed by atoms with Crippen molar-refractivity contribution < 1.29 is 9.90 Å². The second kappa shape index (κ2) is 37.5. The van der Waals surface area contributed by atoms with Crippen LogP contribution in [-0.2, 0) is 11.2 Å². The molecule has 0 aliphatic heterocycles. The van der Waals surface area contributed by atoms with Crippen LogP contribution in [0.2, 0.25) is 0 Å². The van der Waals surface area contributed by atoms with Gasteiger partial charge in [-0.3, -0.25) is 4.79 Å². The van der Waals surface area contributed by atoms with Gasteiger partial charge in [0.1, 0.15) is 11.5 Å². The van der Waals surface area contributed by atoms with E-state index in [2.05, 4.69) is 96.1 Å². The van der Waals surface area contributed by atoms with Gasteiger partial charge in [0.15, 0.2) is 0 Å². The molecule has 2 nitrogen and oxygen atoms in total. The molecule has 22 fully saturated rings. The number of rotatable bonds is 2. The lowest BCUT2D eigenvalue weighted by atomic mass is 9.42. The Morgan fingerprint density at radius 3 is 1.49 bits per heavy atom. The van der Waals surface area contributed by atoms with Crippen LogP contribution >= 0.6 is 0 Å². The topological polar surface area (TPSA) is 37.3 Å². The highest BCUT2D eigenvalue weighted by Crippen LogP contribution is 2.73.